The first-order valence-corrected chi connectivity index (χ1v) is 12.8. The Morgan fingerprint density at radius 2 is 1.63 bits per heavy atom. The number of halogens is 1. The van der Waals surface area contributed by atoms with Crippen molar-refractivity contribution in [1.82, 2.24) is 0 Å². The van der Waals surface area contributed by atoms with E-state index in [1.165, 1.54) is 56.7 Å². The molecule has 0 bridgehead atoms. The Bertz CT molecular complexity index is 1590. The molecule has 11 nitrogen and oxygen atoms in total. The molecule has 0 spiro atoms. The van der Waals surface area contributed by atoms with Gasteiger partial charge in [-0.2, -0.15) is 0 Å². The van der Waals surface area contributed by atoms with Crippen molar-refractivity contribution in [1.29, 1.82) is 0 Å². The van der Waals surface area contributed by atoms with Crippen molar-refractivity contribution in [2.75, 3.05) is 29.8 Å². The zero-order valence-electron chi connectivity index (χ0n) is 20.0. The zero-order chi connectivity index (χ0) is 27.6. The van der Waals surface area contributed by atoms with Crippen LogP contribution in [0.3, 0.4) is 0 Å². The molecule has 0 aromatic heterocycles. The second kappa shape index (κ2) is 10.5. The van der Waals surface area contributed by atoms with Crippen LogP contribution in [-0.4, -0.2) is 40.4 Å². The molecule has 0 unspecified atom stereocenters. The molecule has 196 valence electrons. The monoisotopic (exact) mass is 556 g/mol. The topological polar surface area (TPSA) is 157 Å². The third-order valence-corrected chi connectivity index (χ3v) is 6.77. The number of anilines is 3. The van der Waals surface area contributed by atoms with Gasteiger partial charge in [0, 0.05) is 23.0 Å². The lowest BCUT2D eigenvalue weighted by Gasteiger charge is -2.19. The van der Waals surface area contributed by atoms with E-state index in [9.17, 15) is 22.8 Å². The number of benzene rings is 3. The number of nitrogens with two attached hydrogens (primary N) is 1. The highest BCUT2D eigenvalue weighted by atomic mass is 35.5. The van der Waals surface area contributed by atoms with Crippen molar-refractivity contribution in [3.63, 3.8) is 0 Å². The lowest BCUT2D eigenvalue weighted by atomic mass is 10.1. The van der Waals surface area contributed by atoms with E-state index in [4.69, 9.17) is 26.2 Å². The number of ether oxygens (including phenoxy) is 2. The average Bonchev–Trinajstić information content (AvgIpc) is 3.11. The van der Waals surface area contributed by atoms with Crippen LogP contribution in [0.4, 0.5) is 17.1 Å². The summed E-state index contributed by atoms with van der Waals surface area (Å²) in [6.45, 7) is 0. The first-order valence-electron chi connectivity index (χ1n) is 10.9. The number of carbonyl (C=O) groups excluding carboxylic acids is 3. The van der Waals surface area contributed by atoms with Gasteiger partial charge in [-0.05, 0) is 54.6 Å². The summed E-state index contributed by atoms with van der Waals surface area (Å²) in [7, 11) is -1.02. The van der Waals surface area contributed by atoms with E-state index in [1.54, 1.807) is 24.3 Å². The van der Waals surface area contributed by atoms with Crippen LogP contribution < -0.4 is 30.1 Å². The summed E-state index contributed by atoms with van der Waals surface area (Å²) in [5, 5.41) is 10.2. The SMILES string of the molecule is COc1ccc(OC)c(N2C(=O)C(Cl)=C(Nc3cccc(C(=O)Nc4ccc(S(N)(=O)=O)cc4)c3)C2=O)c1. The first-order chi connectivity index (χ1) is 18.0. The summed E-state index contributed by atoms with van der Waals surface area (Å²) >= 11 is 6.24. The van der Waals surface area contributed by atoms with Crippen LogP contribution in [0, 0.1) is 0 Å². The molecule has 0 radical (unpaired) electrons. The van der Waals surface area contributed by atoms with Gasteiger partial charge in [0.15, 0.2) is 0 Å². The van der Waals surface area contributed by atoms with Crippen molar-refractivity contribution in [2.24, 2.45) is 5.14 Å². The number of rotatable bonds is 8. The smallest absolute Gasteiger partial charge is 0.283 e. The number of hydrogen-bond acceptors (Lipinski definition) is 8. The predicted octanol–water partition coefficient (Wildman–Crippen LogP) is 3.04. The molecule has 1 heterocycles. The molecular weight excluding hydrogens is 536 g/mol. The molecule has 1 aliphatic rings. The Labute approximate surface area is 222 Å². The number of sulfonamides is 1. The summed E-state index contributed by atoms with van der Waals surface area (Å²) in [5.74, 6) is -1.33. The number of hydrogen-bond donors (Lipinski definition) is 3. The van der Waals surface area contributed by atoms with Gasteiger partial charge in [-0.25, -0.2) is 18.5 Å². The molecule has 0 fully saturated rings. The molecule has 1 aliphatic heterocycles. The molecule has 3 aromatic rings. The third kappa shape index (κ3) is 5.32. The van der Waals surface area contributed by atoms with E-state index in [1.807, 2.05) is 0 Å². The van der Waals surface area contributed by atoms with Gasteiger partial charge >= 0.3 is 0 Å². The van der Waals surface area contributed by atoms with Crippen molar-refractivity contribution in [3.8, 4) is 11.5 Å². The second-order valence-electron chi connectivity index (χ2n) is 7.90. The maximum Gasteiger partial charge on any atom is 0.283 e. The second-order valence-corrected chi connectivity index (χ2v) is 9.84. The Balaban J connectivity index is 1.54. The molecule has 0 aliphatic carbocycles. The fraction of sp³-hybridized carbons (Fsp3) is 0.0800. The molecule has 0 atom stereocenters. The highest BCUT2D eigenvalue weighted by Gasteiger charge is 2.40. The minimum Gasteiger partial charge on any atom is -0.497 e. The largest absolute Gasteiger partial charge is 0.497 e. The van der Waals surface area contributed by atoms with E-state index in [-0.39, 0.29) is 32.6 Å². The normalized spacial score (nSPS) is 13.5. The number of imide groups is 1. The standard InChI is InChI=1S/C25H21ClN4O7S/c1-36-17-8-11-20(37-2)19(13-17)30-24(32)21(26)22(25(30)33)28-16-5-3-4-14(12-16)23(31)29-15-6-9-18(10-7-15)38(27,34)35/h3-13,28H,1-2H3,(H,29,31)(H2,27,34,35). The highest BCUT2D eigenvalue weighted by Crippen LogP contribution is 2.38. The van der Waals surface area contributed by atoms with E-state index in [2.05, 4.69) is 10.6 Å². The fourth-order valence-corrected chi connectivity index (χ4v) is 4.34. The van der Waals surface area contributed by atoms with Crippen LogP contribution in [-0.2, 0) is 19.6 Å². The molecule has 0 saturated carbocycles. The number of amides is 3. The maximum atomic E-state index is 13.2. The van der Waals surface area contributed by atoms with E-state index >= 15 is 0 Å². The van der Waals surface area contributed by atoms with Gasteiger partial charge < -0.3 is 20.1 Å². The minimum absolute atomic E-state index is 0.0942. The van der Waals surface area contributed by atoms with Gasteiger partial charge in [-0.1, -0.05) is 17.7 Å². The van der Waals surface area contributed by atoms with Gasteiger partial charge in [0.25, 0.3) is 17.7 Å². The Kier molecular flexibility index (Phi) is 7.39. The summed E-state index contributed by atoms with van der Waals surface area (Å²) in [6.07, 6.45) is 0. The van der Waals surface area contributed by atoms with Gasteiger partial charge in [0.2, 0.25) is 10.0 Å². The fourth-order valence-electron chi connectivity index (χ4n) is 3.62. The van der Waals surface area contributed by atoms with E-state index < -0.39 is 27.7 Å². The van der Waals surface area contributed by atoms with Crippen molar-refractivity contribution in [3.05, 3.63) is 83.0 Å². The molecule has 4 N–H and O–H groups in total. The van der Waals surface area contributed by atoms with Crippen LogP contribution in [0.5, 0.6) is 11.5 Å². The summed E-state index contributed by atoms with van der Waals surface area (Å²) in [6, 6.07) is 16.1. The number of carbonyl (C=O) groups is 3. The lowest BCUT2D eigenvalue weighted by molar-refractivity contribution is -0.120. The Morgan fingerprint density at radius 1 is 0.921 bits per heavy atom. The summed E-state index contributed by atoms with van der Waals surface area (Å²) < 4.78 is 33.3. The molecule has 13 heteroatoms. The van der Waals surface area contributed by atoms with E-state index in [0.29, 0.717) is 17.1 Å². The van der Waals surface area contributed by atoms with Crippen LogP contribution in [0.25, 0.3) is 0 Å². The third-order valence-electron chi connectivity index (χ3n) is 5.49. The number of nitrogens with zero attached hydrogens (tertiary/aromatic N) is 1. The molecule has 38 heavy (non-hydrogen) atoms. The quantitative estimate of drug-likeness (QED) is 0.357. The Hall–Kier alpha value is -4.39. The van der Waals surface area contributed by atoms with Crippen LogP contribution in [0.15, 0.2) is 82.4 Å². The molecule has 4 rings (SSSR count). The lowest BCUT2D eigenvalue weighted by Crippen LogP contribution is -2.32. The molecular formula is C25H21ClN4O7S. The summed E-state index contributed by atoms with van der Waals surface area (Å²) in [5.41, 5.74) is 0.836. The van der Waals surface area contributed by atoms with Gasteiger partial charge in [-0.3, -0.25) is 14.4 Å². The molecule has 3 amide bonds. The van der Waals surface area contributed by atoms with Crippen LogP contribution >= 0.6 is 11.6 Å². The van der Waals surface area contributed by atoms with Crippen LogP contribution in [0.1, 0.15) is 10.4 Å². The molecule has 0 saturated heterocycles. The van der Waals surface area contributed by atoms with Gasteiger partial charge in [0.1, 0.15) is 22.2 Å². The number of primary sulfonamides is 1. The first kappa shape index (κ1) is 26.7. The van der Waals surface area contributed by atoms with Crippen molar-refractivity contribution < 1.29 is 32.3 Å². The Morgan fingerprint density at radius 3 is 2.26 bits per heavy atom. The van der Waals surface area contributed by atoms with E-state index in [0.717, 1.165) is 4.90 Å². The minimum atomic E-state index is -3.86. The van der Waals surface area contributed by atoms with Crippen molar-refractivity contribution in [2.45, 2.75) is 4.90 Å². The van der Waals surface area contributed by atoms with Crippen LogP contribution in [0.2, 0.25) is 0 Å². The van der Waals surface area contributed by atoms with Crippen molar-refractivity contribution >= 4 is 56.4 Å². The highest BCUT2D eigenvalue weighted by molar-refractivity contribution is 7.89. The van der Waals surface area contributed by atoms with Gasteiger partial charge in [0.05, 0.1) is 24.8 Å². The average molecular weight is 557 g/mol. The zero-order valence-corrected chi connectivity index (χ0v) is 21.6. The van der Waals surface area contributed by atoms with Gasteiger partial charge in [-0.15, -0.1) is 0 Å². The maximum absolute atomic E-state index is 13.2. The predicted molar refractivity (Wildman–Crippen MR) is 141 cm³/mol. The summed E-state index contributed by atoms with van der Waals surface area (Å²) in [4.78, 5) is 39.7. The molecule has 3 aromatic carbocycles. The number of methoxy groups -OCH3 is 2. The number of nitrogens with one attached hydrogen (secondary N) is 2.